The van der Waals surface area contributed by atoms with E-state index >= 15 is 0 Å². The van der Waals surface area contributed by atoms with E-state index in [1.54, 1.807) is 0 Å². The summed E-state index contributed by atoms with van der Waals surface area (Å²) in [4.78, 5) is 5.55. The van der Waals surface area contributed by atoms with Gasteiger partial charge in [0.2, 0.25) is 0 Å². The zero-order chi connectivity index (χ0) is 78.3. The molecule has 15 aromatic rings. The highest BCUT2D eigenvalue weighted by atomic mass is 15.2. The first kappa shape index (κ1) is 70.4. The van der Waals surface area contributed by atoms with Gasteiger partial charge in [-0.3, -0.25) is 0 Å². The molecular weight excluding hydrogens is 1390 g/mol. The van der Waals surface area contributed by atoms with E-state index in [9.17, 15) is 0 Å². The lowest BCUT2D eigenvalue weighted by Gasteiger charge is -2.48. The Labute approximate surface area is 677 Å². The van der Waals surface area contributed by atoms with Gasteiger partial charge in [-0.05, 0) is 196 Å². The SMILES string of the molecule is CC(C)(C)C1=CC2=CC(c3ccc4c(c3)N(c3c(-c5ccccc5)cc(C(C)(C)C)cc3-c3ccccc3)c3cc(-n5c6ccccc6c6ccccc65)cc5c3B4c3ccc(-n4c6ccccc6c6ccccc64)cc3N5c3c(-c4ccccc4)cc(C(C)(C)C)cc3-c3ccccc3)=C3C=C(C(C)(C)C)CC4C=CC(=C1)C2C34. The molecule has 0 bridgehead atoms. The molecule has 0 radical (unpaired) electrons. The molecule has 21 rings (SSSR count). The van der Waals surface area contributed by atoms with E-state index in [0.717, 1.165) is 96.3 Å². The molecule has 5 heteroatoms. The average Bonchev–Trinajstić information content (AvgIpc) is 1.03. The summed E-state index contributed by atoms with van der Waals surface area (Å²) < 4.78 is 5.11. The molecule has 4 heterocycles. The Morgan fingerprint density at radius 1 is 0.330 bits per heavy atom. The van der Waals surface area contributed by atoms with Crippen LogP contribution in [-0.4, -0.2) is 15.8 Å². The average molecular weight is 1480 g/mol. The normalized spacial score (nSPS) is 17.0. The maximum Gasteiger partial charge on any atom is 0.252 e. The van der Waals surface area contributed by atoms with Crippen LogP contribution in [0, 0.1) is 28.6 Å². The molecule has 6 aliphatic rings. The molecule has 3 atom stereocenters. The number of para-hydroxylation sites is 4. The molecule has 0 saturated heterocycles. The Bertz CT molecular complexity index is 6550. The Morgan fingerprint density at radius 3 is 1.16 bits per heavy atom. The number of benzene rings is 13. The fourth-order valence-corrected chi connectivity index (χ4v) is 20.2. The fraction of sp³-hybridized carbons (Fsp3) is 0.182. The largest absolute Gasteiger partial charge is 0.310 e. The van der Waals surface area contributed by atoms with E-state index in [4.69, 9.17) is 0 Å². The zero-order valence-corrected chi connectivity index (χ0v) is 68.0. The number of rotatable bonds is 9. The van der Waals surface area contributed by atoms with Crippen molar-refractivity contribution in [2.24, 2.45) is 28.6 Å². The van der Waals surface area contributed by atoms with Gasteiger partial charge in [-0.2, -0.15) is 0 Å². The molecule has 4 nitrogen and oxygen atoms in total. The van der Waals surface area contributed by atoms with Gasteiger partial charge in [0.15, 0.2) is 0 Å². The summed E-state index contributed by atoms with van der Waals surface area (Å²) >= 11 is 0. The van der Waals surface area contributed by atoms with Crippen LogP contribution in [0.2, 0.25) is 0 Å². The second kappa shape index (κ2) is 26.1. The lowest BCUT2D eigenvalue weighted by molar-refractivity contribution is 0.329. The smallest absolute Gasteiger partial charge is 0.252 e. The van der Waals surface area contributed by atoms with Crippen LogP contribution in [0.5, 0.6) is 0 Å². The first-order valence-corrected chi connectivity index (χ1v) is 41.5. The monoisotopic (exact) mass is 1480 g/mol. The predicted molar refractivity (Wildman–Crippen MR) is 491 cm³/mol. The molecule has 0 N–H and O–H groups in total. The van der Waals surface area contributed by atoms with Crippen molar-refractivity contribution in [3.63, 3.8) is 0 Å². The molecular formula is C110H95BN4. The quantitative estimate of drug-likeness (QED) is 0.134. The molecule has 0 fully saturated rings. The van der Waals surface area contributed by atoms with Crippen LogP contribution in [-0.2, 0) is 10.8 Å². The summed E-state index contributed by atoms with van der Waals surface area (Å²) in [5.74, 6) is 0.894. The van der Waals surface area contributed by atoms with Gasteiger partial charge in [-0.25, -0.2) is 0 Å². The van der Waals surface area contributed by atoms with E-state index < -0.39 is 0 Å². The van der Waals surface area contributed by atoms with Crippen LogP contribution < -0.4 is 26.2 Å². The van der Waals surface area contributed by atoms with Crippen molar-refractivity contribution in [2.45, 2.75) is 100 Å². The van der Waals surface area contributed by atoms with Gasteiger partial charge in [0.05, 0.1) is 39.1 Å². The number of hydrogen-bond acceptors (Lipinski definition) is 2. The van der Waals surface area contributed by atoms with Crippen molar-refractivity contribution < 1.29 is 0 Å². The highest BCUT2D eigenvalue weighted by Gasteiger charge is 2.49. The number of nitrogens with zero attached hydrogens (tertiary/aromatic N) is 4. The second-order valence-electron chi connectivity index (χ2n) is 37.2. The zero-order valence-electron chi connectivity index (χ0n) is 68.0. The number of hydrogen-bond donors (Lipinski definition) is 0. The Hall–Kier alpha value is -12.4. The topological polar surface area (TPSA) is 16.3 Å². The van der Waals surface area contributed by atoms with Crippen molar-refractivity contribution >= 4 is 106 Å². The van der Waals surface area contributed by atoms with Gasteiger partial charge in [0, 0.05) is 84.1 Å². The summed E-state index contributed by atoms with van der Waals surface area (Å²) in [6.45, 7) is 28.4. The molecule has 3 unspecified atom stereocenters. The fourth-order valence-electron chi connectivity index (χ4n) is 20.2. The van der Waals surface area contributed by atoms with Crippen molar-refractivity contribution in [1.29, 1.82) is 0 Å². The summed E-state index contributed by atoms with van der Waals surface area (Å²) in [6, 6.07) is 112. The molecule has 13 aromatic carbocycles. The molecule has 0 amide bonds. The Kier molecular flexibility index (Phi) is 16.0. The van der Waals surface area contributed by atoms with Gasteiger partial charge in [0.1, 0.15) is 0 Å². The number of aromatic nitrogens is 2. The van der Waals surface area contributed by atoms with E-state index in [1.165, 1.54) is 110 Å². The van der Waals surface area contributed by atoms with Crippen molar-refractivity contribution in [2.75, 3.05) is 9.80 Å². The third-order valence-electron chi connectivity index (χ3n) is 26.1. The number of allylic oxidation sites excluding steroid dienone is 12. The molecule has 2 aromatic heterocycles. The van der Waals surface area contributed by atoms with Gasteiger partial charge in [-0.15, -0.1) is 0 Å². The first-order valence-electron chi connectivity index (χ1n) is 41.5. The van der Waals surface area contributed by atoms with Gasteiger partial charge in [0.25, 0.3) is 6.71 Å². The van der Waals surface area contributed by atoms with Crippen LogP contribution in [0.15, 0.2) is 356 Å². The summed E-state index contributed by atoms with van der Waals surface area (Å²) in [5, 5.41) is 4.88. The van der Waals surface area contributed by atoms with Crippen LogP contribution >= 0.6 is 0 Å². The minimum absolute atomic E-state index is 0.0338. The van der Waals surface area contributed by atoms with E-state index in [2.05, 4.69) is 430 Å². The minimum atomic E-state index is -0.288. The highest BCUT2D eigenvalue weighted by Crippen LogP contribution is 2.60. The first-order chi connectivity index (χ1) is 55.6. The summed E-state index contributed by atoms with van der Waals surface area (Å²) in [7, 11) is 0. The minimum Gasteiger partial charge on any atom is -0.310 e. The summed E-state index contributed by atoms with van der Waals surface area (Å²) in [6.07, 6.45) is 16.6. The molecule has 558 valence electrons. The van der Waals surface area contributed by atoms with E-state index in [0.29, 0.717) is 5.92 Å². The highest BCUT2D eigenvalue weighted by molar-refractivity contribution is 7.00. The van der Waals surface area contributed by atoms with E-state index in [-0.39, 0.29) is 40.2 Å². The predicted octanol–water partition coefficient (Wildman–Crippen LogP) is 27.6. The molecule has 0 saturated carbocycles. The Morgan fingerprint density at radius 2 is 0.730 bits per heavy atom. The standard InChI is InChI=1S/C110H95BN4/c1-107(2,3)76-55-73-49-50-74-56-77(108(4,5)6)64-91-86(58-75(57-76)102(73)103(74)91)72-51-53-92-98(59-72)114(105-87(68-33-17-13-18-34-68)60-78(109(7,8)9)61-88(105)69-35-19-14-20-36-69)100-66-81(113-96-47-31-27-43-84(96)85-44-28-32-48-97(85)113)67-101-104(100)111(92)93-54-52-80(112-94-45-29-25-41-82(94)83-42-26-30-46-95(83)112)65-99(93)115(101)106-89(70-37-21-15-22-38-70)62-79(110(10,11)12)63-90(106)71-39-23-16-24-40-71/h13-55,57-67,74,102-103H,56H2,1-12H3. The number of fused-ring (bicyclic) bond motifs is 10. The lowest BCUT2D eigenvalue weighted by Crippen LogP contribution is -2.61. The molecule has 0 spiro atoms. The van der Waals surface area contributed by atoms with E-state index in [1.807, 2.05) is 0 Å². The molecule has 2 aliphatic heterocycles. The lowest BCUT2D eigenvalue weighted by atomic mass is 9.33. The molecule has 4 aliphatic carbocycles. The van der Waals surface area contributed by atoms with Crippen molar-refractivity contribution in [3.8, 4) is 55.9 Å². The van der Waals surface area contributed by atoms with Crippen molar-refractivity contribution in [1.82, 2.24) is 9.13 Å². The van der Waals surface area contributed by atoms with Crippen LogP contribution in [0.4, 0.5) is 34.1 Å². The maximum atomic E-state index is 2.80. The van der Waals surface area contributed by atoms with Crippen LogP contribution in [0.3, 0.4) is 0 Å². The molecule has 115 heavy (non-hydrogen) atoms. The van der Waals surface area contributed by atoms with Crippen LogP contribution in [0.1, 0.15) is 106 Å². The Balaban J connectivity index is 0.968. The van der Waals surface area contributed by atoms with Crippen molar-refractivity contribution in [3.05, 3.63) is 372 Å². The van der Waals surface area contributed by atoms with Crippen LogP contribution in [0.25, 0.3) is 105 Å². The second-order valence-corrected chi connectivity index (χ2v) is 37.2. The number of anilines is 6. The third-order valence-corrected chi connectivity index (χ3v) is 26.1. The summed E-state index contributed by atoms with van der Waals surface area (Å²) in [5.41, 5.74) is 38.3. The third kappa shape index (κ3) is 11.3. The maximum absolute atomic E-state index is 2.80. The van der Waals surface area contributed by atoms with Gasteiger partial charge >= 0.3 is 0 Å². The van der Waals surface area contributed by atoms with Gasteiger partial charge < -0.3 is 18.9 Å². The van der Waals surface area contributed by atoms with Gasteiger partial charge in [-0.1, -0.05) is 337 Å².